The van der Waals surface area contributed by atoms with Gasteiger partial charge in [-0.15, -0.1) is 0 Å². The van der Waals surface area contributed by atoms with Crippen LogP contribution in [0, 0.1) is 17.8 Å². The van der Waals surface area contributed by atoms with Crippen molar-refractivity contribution in [3.8, 4) is 0 Å². The zero-order valence-corrected chi connectivity index (χ0v) is 15.9. The van der Waals surface area contributed by atoms with Crippen molar-refractivity contribution >= 4 is 0 Å². The average molecular weight is 295 g/mol. The van der Waals surface area contributed by atoms with E-state index in [1.807, 2.05) is 0 Å². The van der Waals surface area contributed by atoms with Crippen LogP contribution in [-0.4, -0.2) is 0 Å². The van der Waals surface area contributed by atoms with Gasteiger partial charge in [-0.25, -0.2) is 0 Å². The van der Waals surface area contributed by atoms with Gasteiger partial charge in [0.2, 0.25) is 0 Å². The van der Waals surface area contributed by atoms with Crippen molar-refractivity contribution in [3.05, 3.63) is 11.6 Å². The van der Waals surface area contributed by atoms with E-state index in [0.29, 0.717) is 0 Å². The van der Waals surface area contributed by atoms with Crippen molar-refractivity contribution in [2.24, 2.45) is 17.8 Å². The van der Waals surface area contributed by atoms with Crippen molar-refractivity contribution in [1.29, 1.82) is 0 Å². The van der Waals surface area contributed by atoms with E-state index in [4.69, 9.17) is 0 Å². The second kappa shape index (κ2) is 13.4. The summed E-state index contributed by atoms with van der Waals surface area (Å²) in [4.78, 5) is 0. The van der Waals surface area contributed by atoms with Crippen LogP contribution >= 0.6 is 0 Å². The number of hydrogen-bond donors (Lipinski definition) is 0. The van der Waals surface area contributed by atoms with Crippen LogP contribution in [0.4, 0.5) is 0 Å². The summed E-state index contributed by atoms with van der Waals surface area (Å²) in [6.45, 7) is 14.1. The van der Waals surface area contributed by atoms with Gasteiger partial charge in [-0.2, -0.15) is 0 Å². The summed E-state index contributed by atoms with van der Waals surface area (Å²) in [5.41, 5.74) is 1.67. The highest BCUT2D eigenvalue weighted by Crippen LogP contribution is 2.33. The molecule has 0 bridgehead atoms. The summed E-state index contributed by atoms with van der Waals surface area (Å²) in [6, 6.07) is 0. The highest BCUT2D eigenvalue weighted by Gasteiger charge is 2.21. The molecule has 0 rings (SSSR count). The molecule has 2 atom stereocenters. The molecule has 0 saturated carbocycles. The van der Waals surface area contributed by atoms with Gasteiger partial charge in [0.1, 0.15) is 0 Å². The third kappa shape index (κ3) is 8.69. The summed E-state index contributed by atoms with van der Waals surface area (Å²) in [7, 11) is 0. The van der Waals surface area contributed by atoms with Crippen LogP contribution in [0.1, 0.15) is 106 Å². The molecule has 0 fully saturated rings. The topological polar surface area (TPSA) is 0 Å². The second-order valence-corrected chi connectivity index (χ2v) is 6.91. The SMILES string of the molecule is CCCCC=C(C)C(CC)C(CCC)CCC(CC)CC. The molecule has 21 heavy (non-hydrogen) atoms. The minimum atomic E-state index is 0.830. The summed E-state index contributed by atoms with van der Waals surface area (Å²) in [5, 5.41) is 0. The van der Waals surface area contributed by atoms with Gasteiger partial charge in [0.05, 0.1) is 0 Å². The van der Waals surface area contributed by atoms with Crippen LogP contribution in [0.25, 0.3) is 0 Å². The minimum Gasteiger partial charge on any atom is -0.0853 e. The summed E-state index contributed by atoms with van der Waals surface area (Å²) < 4.78 is 0. The lowest BCUT2D eigenvalue weighted by Gasteiger charge is -2.28. The molecular weight excluding hydrogens is 252 g/mol. The quantitative estimate of drug-likeness (QED) is 0.240. The van der Waals surface area contributed by atoms with E-state index in [9.17, 15) is 0 Å². The zero-order valence-electron chi connectivity index (χ0n) is 15.9. The first-order valence-electron chi connectivity index (χ1n) is 9.80. The Morgan fingerprint density at radius 3 is 1.95 bits per heavy atom. The maximum absolute atomic E-state index is 2.54. The van der Waals surface area contributed by atoms with Crippen molar-refractivity contribution in [3.63, 3.8) is 0 Å². The molecule has 126 valence electrons. The molecule has 0 heterocycles. The predicted molar refractivity (Wildman–Crippen MR) is 98.8 cm³/mol. The first kappa shape index (κ1) is 20.7. The fraction of sp³-hybridized carbons (Fsp3) is 0.905. The highest BCUT2D eigenvalue weighted by atomic mass is 14.3. The molecular formula is C21H42. The van der Waals surface area contributed by atoms with Crippen molar-refractivity contribution < 1.29 is 0 Å². The zero-order chi connectivity index (χ0) is 16.1. The highest BCUT2D eigenvalue weighted by molar-refractivity contribution is 5.05. The average Bonchev–Trinajstić information content (AvgIpc) is 2.49. The molecule has 0 aliphatic carbocycles. The lowest BCUT2D eigenvalue weighted by atomic mass is 9.77. The maximum Gasteiger partial charge on any atom is -0.0180 e. The maximum atomic E-state index is 2.54. The Balaban J connectivity index is 4.65. The van der Waals surface area contributed by atoms with E-state index < -0.39 is 0 Å². The third-order valence-electron chi connectivity index (χ3n) is 5.38. The standard InChI is InChI=1S/C21H42/c1-7-12-13-15-18(6)21(11-5)20(14-8-2)17-16-19(9-3)10-4/h15,19-21H,7-14,16-17H2,1-6H3. The van der Waals surface area contributed by atoms with Gasteiger partial charge in [0, 0.05) is 0 Å². The Labute approximate surface area is 135 Å². The van der Waals surface area contributed by atoms with E-state index in [2.05, 4.69) is 47.6 Å². The summed E-state index contributed by atoms with van der Waals surface area (Å²) >= 11 is 0. The first-order valence-corrected chi connectivity index (χ1v) is 9.80. The molecule has 0 aliphatic rings. The number of allylic oxidation sites excluding steroid dienone is 2. The Bertz CT molecular complexity index is 247. The molecule has 0 radical (unpaired) electrons. The summed E-state index contributed by atoms with van der Waals surface area (Å²) in [5.74, 6) is 2.70. The van der Waals surface area contributed by atoms with E-state index in [0.717, 1.165) is 17.8 Å². The Hall–Kier alpha value is -0.260. The fourth-order valence-electron chi connectivity index (χ4n) is 3.78. The van der Waals surface area contributed by atoms with E-state index >= 15 is 0 Å². The van der Waals surface area contributed by atoms with Crippen molar-refractivity contribution in [2.45, 2.75) is 106 Å². The Morgan fingerprint density at radius 1 is 0.810 bits per heavy atom. The van der Waals surface area contributed by atoms with Gasteiger partial charge < -0.3 is 0 Å². The fourth-order valence-corrected chi connectivity index (χ4v) is 3.78. The molecule has 0 spiro atoms. The summed E-state index contributed by atoms with van der Waals surface area (Å²) in [6.07, 6.45) is 16.2. The number of unbranched alkanes of at least 4 members (excludes halogenated alkanes) is 2. The monoisotopic (exact) mass is 294 g/mol. The first-order chi connectivity index (χ1) is 10.1. The van der Waals surface area contributed by atoms with Crippen LogP contribution in [0.2, 0.25) is 0 Å². The minimum absolute atomic E-state index is 0.830. The van der Waals surface area contributed by atoms with Gasteiger partial charge >= 0.3 is 0 Å². The molecule has 0 N–H and O–H groups in total. The van der Waals surface area contributed by atoms with Gasteiger partial charge in [0.15, 0.2) is 0 Å². The van der Waals surface area contributed by atoms with Crippen molar-refractivity contribution in [1.82, 2.24) is 0 Å². The molecule has 0 amide bonds. The van der Waals surface area contributed by atoms with Gasteiger partial charge in [-0.05, 0) is 43.9 Å². The van der Waals surface area contributed by atoms with Gasteiger partial charge in [0.25, 0.3) is 0 Å². The number of rotatable bonds is 13. The molecule has 2 unspecified atom stereocenters. The van der Waals surface area contributed by atoms with E-state index in [1.165, 1.54) is 64.2 Å². The largest absolute Gasteiger partial charge is 0.0853 e. The van der Waals surface area contributed by atoms with E-state index in [1.54, 1.807) is 5.57 Å². The molecule has 0 aromatic carbocycles. The Morgan fingerprint density at radius 2 is 1.48 bits per heavy atom. The molecule has 0 aromatic rings. The third-order valence-corrected chi connectivity index (χ3v) is 5.38. The lowest BCUT2D eigenvalue weighted by Crippen LogP contribution is -2.17. The van der Waals surface area contributed by atoms with Crippen LogP contribution < -0.4 is 0 Å². The predicted octanol–water partition coefficient (Wildman–Crippen LogP) is 7.78. The van der Waals surface area contributed by atoms with Crippen LogP contribution in [0.3, 0.4) is 0 Å². The van der Waals surface area contributed by atoms with Gasteiger partial charge in [-0.1, -0.05) is 91.2 Å². The Kier molecular flexibility index (Phi) is 13.2. The van der Waals surface area contributed by atoms with Crippen LogP contribution in [0.5, 0.6) is 0 Å². The molecule has 0 saturated heterocycles. The lowest BCUT2D eigenvalue weighted by molar-refractivity contribution is 0.285. The molecule has 0 aliphatic heterocycles. The van der Waals surface area contributed by atoms with Crippen LogP contribution in [-0.2, 0) is 0 Å². The molecule has 0 nitrogen and oxygen atoms in total. The molecule has 0 aromatic heterocycles. The van der Waals surface area contributed by atoms with Crippen LogP contribution in [0.15, 0.2) is 11.6 Å². The normalized spacial score (nSPS) is 15.5. The van der Waals surface area contributed by atoms with Gasteiger partial charge in [-0.3, -0.25) is 0 Å². The van der Waals surface area contributed by atoms with Crippen molar-refractivity contribution in [2.75, 3.05) is 0 Å². The second-order valence-electron chi connectivity index (χ2n) is 6.91. The molecule has 0 heteroatoms. The number of hydrogen-bond acceptors (Lipinski definition) is 0. The van der Waals surface area contributed by atoms with E-state index in [-0.39, 0.29) is 0 Å². The smallest absolute Gasteiger partial charge is 0.0180 e.